The van der Waals surface area contributed by atoms with E-state index in [9.17, 15) is 19.5 Å². The van der Waals surface area contributed by atoms with Gasteiger partial charge in [-0.1, -0.05) is 33.1 Å². The van der Waals surface area contributed by atoms with Gasteiger partial charge in [0.15, 0.2) is 0 Å². The lowest BCUT2D eigenvalue weighted by atomic mass is 10.1. The molecule has 20 heavy (non-hydrogen) atoms. The molecule has 0 rings (SSSR count). The number of hydrogen-bond acceptors (Lipinski definition) is 4. The number of nitrogens with one attached hydrogen (secondary N) is 1. The summed E-state index contributed by atoms with van der Waals surface area (Å²) in [6, 6.07) is -1.22. The normalized spacial score (nSPS) is 13.6. The van der Waals surface area contributed by atoms with Crippen molar-refractivity contribution >= 4 is 17.7 Å². The number of hydrogen-bond donors (Lipinski definition) is 3. The Morgan fingerprint density at radius 2 is 1.75 bits per heavy atom. The van der Waals surface area contributed by atoms with E-state index < -0.39 is 29.8 Å². The number of carboxylic acid groups (broad SMARTS) is 1. The van der Waals surface area contributed by atoms with Crippen LogP contribution in [0.25, 0.3) is 0 Å². The Kier molecular flexibility index (Phi) is 9.63. The molecule has 0 aromatic carbocycles. The van der Waals surface area contributed by atoms with Crippen LogP contribution in [0.5, 0.6) is 0 Å². The van der Waals surface area contributed by atoms with Crippen molar-refractivity contribution in [2.24, 2.45) is 0 Å². The van der Waals surface area contributed by atoms with Crippen molar-refractivity contribution in [3.8, 4) is 0 Å². The van der Waals surface area contributed by atoms with E-state index in [1.807, 2.05) is 6.92 Å². The Balaban J connectivity index is 4.24. The predicted molar refractivity (Wildman–Crippen MR) is 74.2 cm³/mol. The second-order valence-electron chi connectivity index (χ2n) is 4.90. The third kappa shape index (κ3) is 7.89. The summed E-state index contributed by atoms with van der Waals surface area (Å²) in [5.74, 6) is -2.72. The van der Waals surface area contributed by atoms with Gasteiger partial charge < -0.3 is 15.5 Å². The Morgan fingerprint density at radius 1 is 1.10 bits per heavy atom. The molecule has 0 unspecified atom stereocenters. The van der Waals surface area contributed by atoms with Crippen LogP contribution in [0.4, 0.5) is 0 Å². The first-order valence-electron chi connectivity index (χ1n) is 7.16. The first-order chi connectivity index (χ1) is 9.42. The number of aliphatic hydroxyl groups excluding tert-OH is 1. The molecule has 1 amide bonds. The molecular formula is C14H25NO5. The fourth-order valence-corrected chi connectivity index (χ4v) is 1.72. The lowest BCUT2D eigenvalue weighted by molar-refractivity contribution is -0.145. The highest BCUT2D eigenvalue weighted by Gasteiger charge is 2.25. The first kappa shape index (κ1) is 18.6. The number of unbranched alkanes of at least 4 members (excludes halogenated alkanes) is 3. The monoisotopic (exact) mass is 287 g/mol. The lowest BCUT2D eigenvalue weighted by Crippen LogP contribution is -2.45. The molecule has 0 saturated heterocycles. The van der Waals surface area contributed by atoms with Crippen LogP contribution in [0, 0.1) is 0 Å². The third-order valence-electron chi connectivity index (χ3n) is 3.09. The topological polar surface area (TPSA) is 104 Å². The zero-order valence-electron chi connectivity index (χ0n) is 12.2. The van der Waals surface area contributed by atoms with Gasteiger partial charge in [-0.25, -0.2) is 4.79 Å². The number of aliphatic hydroxyl groups is 1. The summed E-state index contributed by atoms with van der Waals surface area (Å²) >= 11 is 0. The zero-order chi connectivity index (χ0) is 15.5. The zero-order valence-corrected chi connectivity index (χ0v) is 12.2. The second kappa shape index (κ2) is 10.4. The van der Waals surface area contributed by atoms with Gasteiger partial charge in [0.1, 0.15) is 6.04 Å². The van der Waals surface area contributed by atoms with Gasteiger partial charge in [0, 0.05) is 12.8 Å². The summed E-state index contributed by atoms with van der Waals surface area (Å²) in [5, 5.41) is 20.6. The molecule has 0 fully saturated rings. The van der Waals surface area contributed by atoms with Crippen LogP contribution in [0.2, 0.25) is 0 Å². The smallest absolute Gasteiger partial charge is 0.326 e. The van der Waals surface area contributed by atoms with Gasteiger partial charge in [-0.15, -0.1) is 0 Å². The highest BCUT2D eigenvalue weighted by atomic mass is 16.4. The van der Waals surface area contributed by atoms with Crippen molar-refractivity contribution in [3.63, 3.8) is 0 Å². The van der Waals surface area contributed by atoms with Crippen molar-refractivity contribution in [3.05, 3.63) is 0 Å². The van der Waals surface area contributed by atoms with Crippen LogP contribution < -0.4 is 5.32 Å². The minimum atomic E-state index is -1.25. The van der Waals surface area contributed by atoms with E-state index in [4.69, 9.17) is 5.11 Å². The van der Waals surface area contributed by atoms with E-state index in [0.29, 0.717) is 12.8 Å². The Morgan fingerprint density at radius 3 is 2.25 bits per heavy atom. The number of carbonyl (C=O) groups is 3. The number of rotatable bonds is 11. The van der Waals surface area contributed by atoms with E-state index in [1.54, 1.807) is 6.92 Å². The number of aliphatic carboxylic acids is 1. The maximum absolute atomic E-state index is 11.6. The average molecular weight is 287 g/mol. The first-order valence-corrected chi connectivity index (χ1v) is 7.16. The molecule has 0 bridgehead atoms. The molecule has 0 radical (unpaired) electrons. The van der Waals surface area contributed by atoms with Gasteiger partial charge in [0.2, 0.25) is 5.78 Å². The van der Waals surface area contributed by atoms with Crippen molar-refractivity contribution < 1.29 is 24.6 Å². The molecule has 116 valence electrons. The molecule has 0 spiro atoms. The molecule has 0 aromatic heterocycles. The molecule has 0 aromatic rings. The van der Waals surface area contributed by atoms with Gasteiger partial charge in [-0.05, 0) is 12.8 Å². The molecule has 0 heterocycles. The van der Waals surface area contributed by atoms with Crippen molar-refractivity contribution in [1.29, 1.82) is 0 Å². The summed E-state index contributed by atoms with van der Waals surface area (Å²) in [7, 11) is 0. The van der Waals surface area contributed by atoms with E-state index in [1.165, 1.54) is 0 Å². The molecule has 6 nitrogen and oxygen atoms in total. The number of carboxylic acids is 1. The highest BCUT2D eigenvalue weighted by Crippen LogP contribution is 2.05. The molecule has 0 aliphatic rings. The predicted octanol–water partition coefficient (Wildman–Crippen LogP) is 1.26. The number of ketones is 1. The van der Waals surface area contributed by atoms with Crippen LogP contribution >= 0.6 is 0 Å². The van der Waals surface area contributed by atoms with Gasteiger partial charge in [-0.2, -0.15) is 0 Å². The minimum Gasteiger partial charge on any atom is -0.480 e. The average Bonchev–Trinajstić information content (AvgIpc) is 2.41. The summed E-state index contributed by atoms with van der Waals surface area (Å²) < 4.78 is 0. The fraction of sp³-hybridized carbons (Fsp3) is 0.786. The quantitative estimate of drug-likeness (QED) is 0.392. The van der Waals surface area contributed by atoms with Crippen LogP contribution in [0.1, 0.15) is 58.8 Å². The standard InChI is InChI=1S/C14H25NO5/c1-3-5-6-7-8-12(17)13(18)15-11(14(19)20)9-10(16)4-2/h10-11,16H,3-9H2,1-2H3,(H,15,18)(H,19,20)/t10-,11+/m1/s1. The molecule has 3 N–H and O–H groups in total. The Labute approximate surface area is 119 Å². The summed E-state index contributed by atoms with van der Waals surface area (Å²) in [6.07, 6.45) is 3.18. The van der Waals surface area contributed by atoms with E-state index in [2.05, 4.69) is 5.32 Å². The molecule has 0 saturated carbocycles. The van der Waals surface area contributed by atoms with Crippen molar-refractivity contribution in [2.45, 2.75) is 70.9 Å². The molecule has 0 aliphatic heterocycles. The summed E-state index contributed by atoms with van der Waals surface area (Å²) in [4.78, 5) is 34.1. The SMILES string of the molecule is CCCCCCC(=O)C(=O)N[C@@H](C[C@H](O)CC)C(=O)O. The minimum absolute atomic E-state index is 0.0965. The summed E-state index contributed by atoms with van der Waals surface area (Å²) in [5.41, 5.74) is 0. The number of Topliss-reactive ketones (excluding diaryl/α,β-unsaturated/α-hetero) is 1. The number of carbonyl (C=O) groups excluding carboxylic acids is 2. The summed E-state index contributed by atoms with van der Waals surface area (Å²) in [6.45, 7) is 3.76. The molecule has 2 atom stereocenters. The van der Waals surface area contributed by atoms with Crippen LogP contribution in [-0.4, -0.2) is 40.0 Å². The maximum Gasteiger partial charge on any atom is 0.326 e. The van der Waals surface area contributed by atoms with Gasteiger partial charge >= 0.3 is 5.97 Å². The van der Waals surface area contributed by atoms with Crippen LogP contribution in [0.3, 0.4) is 0 Å². The van der Waals surface area contributed by atoms with Gasteiger partial charge in [0.05, 0.1) is 6.10 Å². The molecule has 0 aliphatic carbocycles. The third-order valence-corrected chi connectivity index (χ3v) is 3.09. The van der Waals surface area contributed by atoms with Gasteiger partial charge in [-0.3, -0.25) is 9.59 Å². The van der Waals surface area contributed by atoms with Crippen LogP contribution in [0.15, 0.2) is 0 Å². The molecular weight excluding hydrogens is 262 g/mol. The fourth-order valence-electron chi connectivity index (χ4n) is 1.72. The second-order valence-corrected chi connectivity index (χ2v) is 4.90. The van der Waals surface area contributed by atoms with E-state index >= 15 is 0 Å². The number of amides is 1. The Hall–Kier alpha value is -1.43. The van der Waals surface area contributed by atoms with Crippen molar-refractivity contribution in [2.75, 3.05) is 0 Å². The molecule has 6 heteroatoms. The lowest BCUT2D eigenvalue weighted by Gasteiger charge is -2.16. The Bertz CT molecular complexity index is 330. The van der Waals surface area contributed by atoms with Gasteiger partial charge in [0.25, 0.3) is 5.91 Å². The largest absolute Gasteiger partial charge is 0.480 e. The van der Waals surface area contributed by atoms with E-state index in [0.717, 1.165) is 19.3 Å². The van der Waals surface area contributed by atoms with Crippen molar-refractivity contribution in [1.82, 2.24) is 5.32 Å². The highest BCUT2D eigenvalue weighted by molar-refractivity contribution is 6.36. The van der Waals surface area contributed by atoms with Crippen LogP contribution in [-0.2, 0) is 14.4 Å². The maximum atomic E-state index is 11.6. The van der Waals surface area contributed by atoms with E-state index in [-0.39, 0.29) is 12.8 Å².